The number of thiophene rings is 1. The molecule has 0 radical (unpaired) electrons. The highest BCUT2D eigenvalue weighted by Gasteiger charge is 2.26. The number of carbonyl (C=O) groups is 1. The number of halogens is 2. The number of aryl methyl sites for hydroxylation is 1. The Morgan fingerprint density at radius 2 is 2.21 bits per heavy atom. The van der Waals surface area contributed by atoms with Gasteiger partial charge in [-0.3, -0.25) is 14.2 Å². The van der Waals surface area contributed by atoms with E-state index in [1.165, 1.54) is 15.8 Å². The van der Waals surface area contributed by atoms with Crippen LogP contribution in [0.25, 0.3) is 10.2 Å². The summed E-state index contributed by atoms with van der Waals surface area (Å²) in [5, 5.41) is 4.32. The van der Waals surface area contributed by atoms with Crippen LogP contribution in [0.2, 0.25) is 10.0 Å². The molecule has 2 heterocycles. The number of amides is 1. The molecular weight excluding hydrogens is 429 g/mol. The van der Waals surface area contributed by atoms with E-state index in [-0.39, 0.29) is 11.5 Å². The fourth-order valence-corrected chi connectivity index (χ4v) is 5.68. The van der Waals surface area contributed by atoms with E-state index in [0.717, 1.165) is 29.7 Å². The summed E-state index contributed by atoms with van der Waals surface area (Å²) in [6, 6.07) is 4.19. The molecule has 0 fully saturated rings. The topological polar surface area (TPSA) is 64.0 Å². The zero-order valence-electron chi connectivity index (χ0n) is 16.2. The molecule has 0 saturated carbocycles. The van der Waals surface area contributed by atoms with Gasteiger partial charge in [0.25, 0.3) is 5.56 Å². The van der Waals surface area contributed by atoms with E-state index >= 15 is 0 Å². The van der Waals surface area contributed by atoms with Gasteiger partial charge in [-0.2, -0.15) is 0 Å². The highest BCUT2D eigenvalue weighted by Crippen LogP contribution is 2.35. The summed E-state index contributed by atoms with van der Waals surface area (Å²) in [5.74, 6) is 0.314. The summed E-state index contributed by atoms with van der Waals surface area (Å²) in [6.45, 7) is 4.10. The van der Waals surface area contributed by atoms with Crippen LogP contribution in [0, 0.1) is 5.92 Å². The Kier molecular flexibility index (Phi) is 5.69. The highest BCUT2D eigenvalue weighted by molar-refractivity contribution is 7.18. The molecule has 2 unspecified atom stereocenters. The molecule has 2 atom stereocenters. The molecule has 5 nitrogen and oxygen atoms in total. The molecule has 152 valence electrons. The van der Waals surface area contributed by atoms with Crippen molar-refractivity contribution in [1.29, 1.82) is 0 Å². The Morgan fingerprint density at radius 3 is 2.93 bits per heavy atom. The third-order valence-corrected chi connectivity index (χ3v) is 7.17. The largest absolute Gasteiger partial charge is 0.323 e. The van der Waals surface area contributed by atoms with Crippen LogP contribution >= 0.6 is 34.5 Å². The van der Waals surface area contributed by atoms with Crippen molar-refractivity contribution < 1.29 is 4.79 Å². The van der Waals surface area contributed by atoms with E-state index in [0.29, 0.717) is 33.5 Å². The normalized spacial score (nSPS) is 17.2. The van der Waals surface area contributed by atoms with Crippen LogP contribution in [-0.2, 0) is 17.6 Å². The Bertz CT molecular complexity index is 1150. The van der Waals surface area contributed by atoms with Gasteiger partial charge in [0.2, 0.25) is 5.91 Å². The Hall–Kier alpha value is -1.89. The number of benzene rings is 1. The summed E-state index contributed by atoms with van der Waals surface area (Å²) in [5.41, 5.74) is 1.43. The van der Waals surface area contributed by atoms with Crippen LogP contribution < -0.4 is 10.9 Å². The number of fused-ring (bicyclic) bond motifs is 3. The Labute approximate surface area is 182 Å². The third kappa shape index (κ3) is 3.81. The molecule has 0 spiro atoms. The Morgan fingerprint density at radius 1 is 1.41 bits per heavy atom. The molecule has 1 aromatic carbocycles. The standard InChI is InChI=1S/C21H21Cl2N3O2S/c1-3-16(19(27)25-15-7-5-12(22)9-14(15)23)26-10-24-20-18(21(26)28)13-6-4-11(2)8-17(13)29-20/h5,7,9-11,16H,3-4,6,8H2,1-2H3,(H,25,27). The third-order valence-electron chi connectivity index (χ3n) is 5.45. The lowest BCUT2D eigenvalue weighted by atomic mass is 9.89. The lowest BCUT2D eigenvalue weighted by Gasteiger charge is -2.19. The molecular formula is C21H21Cl2N3O2S. The van der Waals surface area contributed by atoms with Gasteiger partial charge in [0.1, 0.15) is 10.9 Å². The fraction of sp³-hybridized carbons (Fsp3) is 0.381. The predicted octanol–water partition coefficient (Wildman–Crippen LogP) is 5.48. The molecule has 1 aliphatic rings. The molecule has 0 saturated heterocycles. The van der Waals surface area contributed by atoms with E-state index in [4.69, 9.17) is 23.2 Å². The molecule has 2 aromatic heterocycles. The van der Waals surface area contributed by atoms with Crippen molar-refractivity contribution >= 4 is 56.3 Å². The smallest absolute Gasteiger partial charge is 0.263 e. The van der Waals surface area contributed by atoms with E-state index in [1.54, 1.807) is 29.5 Å². The quantitative estimate of drug-likeness (QED) is 0.573. The maximum atomic E-state index is 13.3. The number of aromatic nitrogens is 2. The second kappa shape index (κ2) is 8.09. The van der Waals surface area contributed by atoms with Crippen LogP contribution in [0.3, 0.4) is 0 Å². The zero-order valence-corrected chi connectivity index (χ0v) is 18.5. The van der Waals surface area contributed by atoms with Gasteiger partial charge in [-0.1, -0.05) is 37.0 Å². The van der Waals surface area contributed by atoms with Gasteiger partial charge in [0.15, 0.2) is 0 Å². The van der Waals surface area contributed by atoms with E-state index in [2.05, 4.69) is 17.2 Å². The molecule has 0 bridgehead atoms. The average Bonchev–Trinajstić information content (AvgIpc) is 3.04. The molecule has 8 heteroatoms. The van der Waals surface area contributed by atoms with Gasteiger partial charge in [0.05, 0.1) is 22.4 Å². The number of hydrogen-bond donors (Lipinski definition) is 1. The van der Waals surface area contributed by atoms with Crippen molar-refractivity contribution in [3.63, 3.8) is 0 Å². The molecule has 4 rings (SSSR count). The minimum atomic E-state index is -0.677. The number of anilines is 1. The van der Waals surface area contributed by atoms with E-state index in [9.17, 15) is 9.59 Å². The van der Waals surface area contributed by atoms with Gasteiger partial charge < -0.3 is 5.32 Å². The van der Waals surface area contributed by atoms with Crippen LogP contribution in [-0.4, -0.2) is 15.5 Å². The Balaban J connectivity index is 1.71. The summed E-state index contributed by atoms with van der Waals surface area (Å²) in [7, 11) is 0. The maximum absolute atomic E-state index is 13.3. The SMILES string of the molecule is CCC(C(=O)Nc1ccc(Cl)cc1Cl)n1cnc2sc3c(c2c1=O)CCC(C)C3. The first kappa shape index (κ1) is 20.4. The lowest BCUT2D eigenvalue weighted by molar-refractivity contribution is -0.119. The summed E-state index contributed by atoms with van der Waals surface area (Å²) >= 11 is 13.7. The van der Waals surface area contributed by atoms with Gasteiger partial charge in [-0.05, 0) is 55.4 Å². The molecule has 0 aliphatic heterocycles. The lowest BCUT2D eigenvalue weighted by Crippen LogP contribution is -2.33. The minimum absolute atomic E-state index is 0.147. The molecule has 1 amide bonds. The van der Waals surface area contributed by atoms with Crippen molar-refractivity contribution in [2.24, 2.45) is 5.92 Å². The van der Waals surface area contributed by atoms with Crippen molar-refractivity contribution in [3.05, 3.63) is 55.4 Å². The second-order valence-electron chi connectivity index (χ2n) is 7.53. The molecule has 1 aliphatic carbocycles. The van der Waals surface area contributed by atoms with Gasteiger partial charge in [0, 0.05) is 9.90 Å². The zero-order chi connectivity index (χ0) is 20.7. The highest BCUT2D eigenvalue weighted by atomic mass is 35.5. The van der Waals surface area contributed by atoms with Gasteiger partial charge >= 0.3 is 0 Å². The first-order valence-corrected chi connectivity index (χ1v) is 11.2. The van der Waals surface area contributed by atoms with E-state index in [1.807, 2.05) is 6.92 Å². The monoisotopic (exact) mass is 449 g/mol. The molecule has 29 heavy (non-hydrogen) atoms. The van der Waals surface area contributed by atoms with Crippen LogP contribution in [0.5, 0.6) is 0 Å². The first-order valence-electron chi connectivity index (χ1n) is 9.66. The minimum Gasteiger partial charge on any atom is -0.323 e. The molecule has 3 aromatic rings. The number of rotatable bonds is 4. The van der Waals surface area contributed by atoms with Crippen molar-refractivity contribution in [1.82, 2.24) is 9.55 Å². The maximum Gasteiger partial charge on any atom is 0.263 e. The summed E-state index contributed by atoms with van der Waals surface area (Å²) in [4.78, 5) is 32.8. The van der Waals surface area contributed by atoms with Crippen molar-refractivity contribution in [2.75, 3.05) is 5.32 Å². The summed E-state index contributed by atoms with van der Waals surface area (Å²) in [6.07, 6.45) is 4.89. The van der Waals surface area contributed by atoms with Gasteiger partial charge in [-0.15, -0.1) is 11.3 Å². The van der Waals surface area contributed by atoms with E-state index < -0.39 is 6.04 Å². The number of carbonyl (C=O) groups excluding carboxylic acids is 1. The fourth-order valence-electron chi connectivity index (χ4n) is 3.88. The second-order valence-corrected chi connectivity index (χ2v) is 9.45. The summed E-state index contributed by atoms with van der Waals surface area (Å²) < 4.78 is 1.45. The van der Waals surface area contributed by atoms with Gasteiger partial charge in [-0.25, -0.2) is 4.98 Å². The average molecular weight is 450 g/mol. The van der Waals surface area contributed by atoms with Crippen LogP contribution in [0.1, 0.15) is 43.2 Å². The number of hydrogen-bond acceptors (Lipinski definition) is 4. The van der Waals surface area contributed by atoms with Crippen molar-refractivity contribution in [2.45, 2.75) is 45.6 Å². The number of nitrogens with zero attached hydrogens (tertiary/aromatic N) is 2. The van der Waals surface area contributed by atoms with Crippen molar-refractivity contribution in [3.8, 4) is 0 Å². The predicted molar refractivity (Wildman–Crippen MR) is 119 cm³/mol. The first-order chi connectivity index (χ1) is 13.9. The number of nitrogens with one attached hydrogen (secondary N) is 1. The van der Waals surface area contributed by atoms with Crippen LogP contribution in [0.4, 0.5) is 5.69 Å². The van der Waals surface area contributed by atoms with Crippen LogP contribution in [0.15, 0.2) is 29.3 Å². The molecule has 1 N–H and O–H groups in total.